The highest BCUT2D eigenvalue weighted by atomic mass is 16.6. The molecule has 0 aromatic heterocycles. The Balaban J connectivity index is 1.78. The summed E-state index contributed by atoms with van der Waals surface area (Å²) >= 11 is 0. The van der Waals surface area contributed by atoms with Gasteiger partial charge in [0.15, 0.2) is 0 Å². The number of nitrogens with one attached hydrogen (secondary N) is 2. The van der Waals surface area contributed by atoms with Crippen molar-refractivity contribution in [2.24, 2.45) is 5.41 Å². The number of hydrogen-bond donors (Lipinski definition) is 2. The van der Waals surface area contributed by atoms with Gasteiger partial charge in [-0.05, 0) is 49.3 Å². The van der Waals surface area contributed by atoms with Crippen LogP contribution >= 0.6 is 0 Å². The van der Waals surface area contributed by atoms with E-state index in [0.717, 1.165) is 24.0 Å². The Morgan fingerprint density at radius 3 is 2.25 bits per heavy atom. The van der Waals surface area contributed by atoms with Crippen molar-refractivity contribution in [2.75, 3.05) is 26.7 Å². The van der Waals surface area contributed by atoms with Crippen LogP contribution in [-0.2, 0) is 20.9 Å². The van der Waals surface area contributed by atoms with Crippen molar-refractivity contribution in [3.63, 3.8) is 0 Å². The van der Waals surface area contributed by atoms with E-state index in [1.54, 1.807) is 18.9 Å². The molecule has 1 heterocycles. The Labute approximate surface area is 239 Å². The van der Waals surface area contributed by atoms with Crippen LogP contribution in [0.2, 0.25) is 0 Å². The number of rotatable bonds is 11. The summed E-state index contributed by atoms with van der Waals surface area (Å²) in [6.45, 7) is 11.4. The standard InChI is InChI=1S/C32H46N4O4/c1-23(26-16-11-8-12-17-26)20-35(31(39)40-22-25-14-9-7-10-15-25)21-27-18-13-19-36(27)30(38)28(32(3,4)5)34-29(37)24(2)33-6/h7-12,14-17,23-24,27-28,33H,13,18-22H2,1-6H3,(H,34,37)/t23-,24-,27-,28+/m0/s1. The van der Waals surface area contributed by atoms with Gasteiger partial charge in [-0.25, -0.2) is 4.79 Å². The molecule has 0 bridgehead atoms. The lowest BCUT2D eigenvalue weighted by Gasteiger charge is -2.37. The summed E-state index contributed by atoms with van der Waals surface area (Å²) in [6.07, 6.45) is 1.23. The van der Waals surface area contributed by atoms with E-state index in [4.69, 9.17) is 4.74 Å². The smallest absolute Gasteiger partial charge is 0.410 e. The molecule has 1 aliphatic heterocycles. The normalized spacial score (nSPS) is 17.6. The van der Waals surface area contributed by atoms with E-state index in [1.807, 2.05) is 74.2 Å². The third-order valence-electron chi connectivity index (χ3n) is 7.64. The molecule has 2 N–H and O–H groups in total. The second-order valence-electron chi connectivity index (χ2n) is 11.9. The van der Waals surface area contributed by atoms with E-state index in [0.29, 0.717) is 19.6 Å². The lowest BCUT2D eigenvalue weighted by Crippen LogP contribution is -2.59. The van der Waals surface area contributed by atoms with E-state index >= 15 is 0 Å². The van der Waals surface area contributed by atoms with E-state index in [9.17, 15) is 14.4 Å². The van der Waals surface area contributed by atoms with Crippen molar-refractivity contribution in [2.45, 2.75) is 78.1 Å². The van der Waals surface area contributed by atoms with Crippen molar-refractivity contribution >= 4 is 17.9 Å². The van der Waals surface area contributed by atoms with E-state index < -0.39 is 23.6 Å². The van der Waals surface area contributed by atoms with Crippen molar-refractivity contribution < 1.29 is 19.1 Å². The second kappa shape index (κ2) is 14.3. The summed E-state index contributed by atoms with van der Waals surface area (Å²) < 4.78 is 5.75. The molecular formula is C32H46N4O4. The monoisotopic (exact) mass is 550 g/mol. The van der Waals surface area contributed by atoms with Gasteiger partial charge >= 0.3 is 6.09 Å². The molecule has 0 unspecified atom stereocenters. The van der Waals surface area contributed by atoms with Crippen LogP contribution in [0.25, 0.3) is 0 Å². The quantitative estimate of drug-likeness (QED) is 0.428. The third-order valence-corrected chi connectivity index (χ3v) is 7.64. The topological polar surface area (TPSA) is 91.0 Å². The van der Waals surface area contributed by atoms with Gasteiger partial charge < -0.3 is 25.2 Å². The Morgan fingerprint density at radius 2 is 1.65 bits per heavy atom. The van der Waals surface area contributed by atoms with Crippen LogP contribution < -0.4 is 10.6 Å². The van der Waals surface area contributed by atoms with Crippen LogP contribution in [-0.4, -0.2) is 72.5 Å². The fourth-order valence-electron chi connectivity index (χ4n) is 5.03. The molecule has 0 saturated carbocycles. The van der Waals surface area contributed by atoms with Crippen LogP contribution in [0.3, 0.4) is 0 Å². The molecule has 218 valence electrons. The second-order valence-corrected chi connectivity index (χ2v) is 11.9. The number of ether oxygens (including phenoxy) is 1. The van der Waals surface area contributed by atoms with E-state index in [2.05, 4.69) is 29.7 Å². The van der Waals surface area contributed by atoms with Crippen LogP contribution in [0.5, 0.6) is 0 Å². The minimum Gasteiger partial charge on any atom is -0.445 e. The van der Waals surface area contributed by atoms with Crippen LogP contribution in [0, 0.1) is 5.41 Å². The highest BCUT2D eigenvalue weighted by Gasteiger charge is 2.41. The average Bonchev–Trinajstić information content (AvgIpc) is 3.41. The first-order chi connectivity index (χ1) is 19.0. The van der Waals surface area contributed by atoms with Gasteiger partial charge in [0.25, 0.3) is 0 Å². The maximum absolute atomic E-state index is 13.9. The summed E-state index contributed by atoms with van der Waals surface area (Å²) in [5.41, 5.74) is 1.57. The van der Waals surface area contributed by atoms with Gasteiger partial charge in [-0.1, -0.05) is 88.4 Å². The van der Waals surface area contributed by atoms with E-state index in [-0.39, 0.29) is 30.4 Å². The molecule has 8 heteroatoms. The van der Waals surface area contributed by atoms with Crippen molar-refractivity contribution in [3.05, 3.63) is 71.8 Å². The number of hydrogen-bond acceptors (Lipinski definition) is 5. The summed E-state index contributed by atoms with van der Waals surface area (Å²) in [4.78, 5) is 43.7. The predicted molar refractivity (Wildman–Crippen MR) is 158 cm³/mol. The molecule has 0 spiro atoms. The van der Waals surface area contributed by atoms with Crippen molar-refractivity contribution in [1.82, 2.24) is 20.4 Å². The molecule has 0 aliphatic carbocycles. The van der Waals surface area contributed by atoms with E-state index in [1.165, 1.54) is 0 Å². The maximum Gasteiger partial charge on any atom is 0.410 e. The minimum absolute atomic E-state index is 0.0840. The number of nitrogens with zero attached hydrogens (tertiary/aromatic N) is 2. The molecule has 3 amide bonds. The first-order valence-corrected chi connectivity index (χ1v) is 14.3. The van der Waals surface area contributed by atoms with Gasteiger partial charge in [0.05, 0.1) is 6.04 Å². The van der Waals surface area contributed by atoms with Crippen LogP contribution in [0.15, 0.2) is 60.7 Å². The van der Waals surface area contributed by atoms with Gasteiger partial charge in [0, 0.05) is 25.7 Å². The van der Waals surface area contributed by atoms with Gasteiger partial charge in [-0.3, -0.25) is 9.59 Å². The minimum atomic E-state index is -0.682. The molecule has 4 atom stereocenters. The third kappa shape index (κ3) is 8.55. The molecule has 3 rings (SSSR count). The molecule has 0 radical (unpaired) electrons. The SMILES string of the molecule is CN[C@@H](C)C(=O)N[C@H](C(=O)N1CCC[C@H]1CN(C[C@H](C)c1ccccc1)C(=O)OCc1ccccc1)C(C)(C)C. The van der Waals surface area contributed by atoms with Gasteiger partial charge in [0.1, 0.15) is 12.6 Å². The predicted octanol–water partition coefficient (Wildman–Crippen LogP) is 4.56. The molecule has 2 aromatic rings. The summed E-state index contributed by atoms with van der Waals surface area (Å²) in [7, 11) is 1.72. The molecular weight excluding hydrogens is 504 g/mol. The number of benzene rings is 2. The highest BCUT2D eigenvalue weighted by Crippen LogP contribution is 2.27. The molecule has 1 aliphatic rings. The molecule has 2 aromatic carbocycles. The molecule has 40 heavy (non-hydrogen) atoms. The molecule has 1 fully saturated rings. The Hall–Kier alpha value is -3.39. The summed E-state index contributed by atoms with van der Waals surface area (Å²) in [5, 5.41) is 5.91. The zero-order chi connectivity index (χ0) is 29.3. The number of likely N-dealkylation sites (tertiary alicyclic amines) is 1. The van der Waals surface area contributed by atoms with Crippen LogP contribution in [0.4, 0.5) is 4.79 Å². The number of carbonyl (C=O) groups excluding carboxylic acids is 3. The Morgan fingerprint density at radius 1 is 1.02 bits per heavy atom. The molecule has 8 nitrogen and oxygen atoms in total. The molecule has 1 saturated heterocycles. The summed E-state index contributed by atoms with van der Waals surface area (Å²) in [6, 6.07) is 18.5. The zero-order valence-electron chi connectivity index (χ0n) is 24.9. The summed E-state index contributed by atoms with van der Waals surface area (Å²) in [5.74, 6) is -0.240. The first kappa shape index (κ1) is 31.1. The van der Waals surface area contributed by atoms with Gasteiger partial charge in [0.2, 0.25) is 11.8 Å². The highest BCUT2D eigenvalue weighted by molar-refractivity contribution is 5.90. The lowest BCUT2D eigenvalue weighted by atomic mass is 9.85. The zero-order valence-corrected chi connectivity index (χ0v) is 24.9. The number of likely N-dealkylation sites (N-methyl/N-ethyl adjacent to an activating group) is 1. The fraction of sp³-hybridized carbons (Fsp3) is 0.531. The Bertz CT molecular complexity index is 1100. The number of amides is 3. The first-order valence-electron chi connectivity index (χ1n) is 14.3. The van der Waals surface area contributed by atoms with Gasteiger partial charge in [-0.2, -0.15) is 0 Å². The largest absolute Gasteiger partial charge is 0.445 e. The van der Waals surface area contributed by atoms with Crippen molar-refractivity contribution in [3.8, 4) is 0 Å². The van der Waals surface area contributed by atoms with Gasteiger partial charge in [-0.15, -0.1) is 0 Å². The average molecular weight is 551 g/mol. The fourth-order valence-corrected chi connectivity index (χ4v) is 5.03. The Kier molecular flexibility index (Phi) is 11.1. The van der Waals surface area contributed by atoms with Crippen LogP contribution in [0.1, 0.15) is 64.5 Å². The lowest BCUT2D eigenvalue weighted by molar-refractivity contribution is -0.140. The van der Waals surface area contributed by atoms with Crippen molar-refractivity contribution in [1.29, 1.82) is 0 Å². The maximum atomic E-state index is 13.9. The number of carbonyl (C=O) groups is 3.